The summed E-state index contributed by atoms with van der Waals surface area (Å²) in [6.07, 6.45) is 0. The lowest BCUT2D eigenvalue weighted by molar-refractivity contribution is -0.123. The molecular weight excluding hydrogens is 261 g/mol. The monoisotopic (exact) mass is 275 g/mol. The Morgan fingerprint density at radius 2 is 2.00 bits per heavy atom. The molecule has 0 fully saturated rings. The van der Waals surface area contributed by atoms with Gasteiger partial charge >= 0.3 is 0 Å². The predicted molar refractivity (Wildman–Crippen MR) is 69.1 cm³/mol. The summed E-state index contributed by atoms with van der Waals surface area (Å²) < 4.78 is 13.0. The van der Waals surface area contributed by atoms with E-state index in [2.05, 4.69) is 10.6 Å². The number of anilines is 1. The second kappa shape index (κ2) is 7.62. The Bertz CT molecular complexity index is 440. The van der Waals surface area contributed by atoms with Crippen LogP contribution in [0.2, 0.25) is 0 Å². The number of nitrogens with one attached hydrogen (secondary N) is 2. The van der Waals surface area contributed by atoms with Crippen molar-refractivity contribution in [2.24, 2.45) is 5.73 Å². The maximum absolute atomic E-state index is 13.0. The molecule has 0 aliphatic carbocycles. The van der Waals surface area contributed by atoms with E-state index in [1.54, 1.807) is 6.92 Å². The van der Waals surface area contributed by atoms with Crippen molar-refractivity contribution in [3.05, 3.63) is 29.6 Å². The molecule has 0 aliphatic heterocycles. The van der Waals surface area contributed by atoms with E-state index in [0.29, 0.717) is 11.3 Å². The van der Waals surface area contributed by atoms with Crippen LogP contribution in [0.5, 0.6) is 0 Å². The van der Waals surface area contributed by atoms with Gasteiger partial charge < -0.3 is 16.4 Å². The highest BCUT2D eigenvalue weighted by Crippen LogP contribution is 2.13. The van der Waals surface area contributed by atoms with Crippen molar-refractivity contribution in [2.75, 3.05) is 18.4 Å². The SMILES string of the molecule is Cc1cc(NC(=O)CNC(=O)CN)ccc1F.Cl. The Labute approximate surface area is 110 Å². The number of halogens is 2. The van der Waals surface area contributed by atoms with E-state index < -0.39 is 11.8 Å². The third-order valence-electron chi connectivity index (χ3n) is 2.07. The molecule has 1 rings (SSSR count). The highest BCUT2D eigenvalue weighted by Gasteiger charge is 2.05. The first-order valence-electron chi connectivity index (χ1n) is 5.05. The number of nitrogens with two attached hydrogens (primary N) is 1. The first-order chi connectivity index (χ1) is 8.02. The quantitative estimate of drug-likeness (QED) is 0.751. The molecule has 0 aliphatic rings. The lowest BCUT2D eigenvalue weighted by atomic mass is 10.2. The zero-order valence-corrected chi connectivity index (χ0v) is 10.6. The van der Waals surface area contributed by atoms with Crippen LogP contribution in [0.1, 0.15) is 5.56 Å². The van der Waals surface area contributed by atoms with Gasteiger partial charge in [-0.15, -0.1) is 12.4 Å². The van der Waals surface area contributed by atoms with E-state index in [1.165, 1.54) is 18.2 Å². The molecule has 5 nitrogen and oxygen atoms in total. The van der Waals surface area contributed by atoms with Crippen LogP contribution in [-0.4, -0.2) is 24.9 Å². The molecule has 0 bridgehead atoms. The van der Waals surface area contributed by atoms with Gasteiger partial charge in [0.25, 0.3) is 0 Å². The van der Waals surface area contributed by atoms with Crippen molar-refractivity contribution in [1.82, 2.24) is 5.32 Å². The Balaban J connectivity index is 0.00000289. The second-order valence-electron chi connectivity index (χ2n) is 3.49. The fourth-order valence-electron chi connectivity index (χ4n) is 1.18. The summed E-state index contributed by atoms with van der Waals surface area (Å²) >= 11 is 0. The summed E-state index contributed by atoms with van der Waals surface area (Å²) in [7, 11) is 0. The molecule has 1 aromatic rings. The van der Waals surface area contributed by atoms with Crippen LogP contribution in [0.25, 0.3) is 0 Å². The molecule has 0 atom stereocenters. The molecule has 4 N–H and O–H groups in total. The van der Waals surface area contributed by atoms with E-state index in [9.17, 15) is 14.0 Å². The number of aryl methyl sites for hydroxylation is 1. The minimum absolute atomic E-state index is 0. The summed E-state index contributed by atoms with van der Waals surface area (Å²) in [5.41, 5.74) is 5.98. The van der Waals surface area contributed by atoms with Gasteiger partial charge in [-0.3, -0.25) is 9.59 Å². The minimum atomic E-state index is -0.407. The predicted octanol–water partition coefficient (Wildman–Crippen LogP) is 0.569. The molecule has 2 amide bonds. The van der Waals surface area contributed by atoms with Gasteiger partial charge in [0.1, 0.15) is 5.82 Å². The van der Waals surface area contributed by atoms with E-state index in [4.69, 9.17) is 5.73 Å². The summed E-state index contributed by atoms with van der Waals surface area (Å²) in [6, 6.07) is 4.23. The van der Waals surface area contributed by atoms with Gasteiger partial charge in [-0.05, 0) is 30.7 Å². The fourth-order valence-corrected chi connectivity index (χ4v) is 1.18. The van der Waals surface area contributed by atoms with Crippen LogP contribution in [0.4, 0.5) is 10.1 Å². The van der Waals surface area contributed by atoms with Crippen molar-refractivity contribution in [2.45, 2.75) is 6.92 Å². The Hall–Kier alpha value is -1.66. The topological polar surface area (TPSA) is 84.2 Å². The molecule has 0 unspecified atom stereocenters. The number of benzene rings is 1. The number of hydrogen-bond donors (Lipinski definition) is 3. The molecule has 0 spiro atoms. The molecular formula is C11H15ClFN3O2. The van der Waals surface area contributed by atoms with Crippen molar-refractivity contribution in [3.8, 4) is 0 Å². The summed E-state index contributed by atoms with van der Waals surface area (Å²) in [5, 5.41) is 4.86. The average Bonchev–Trinajstić information content (AvgIpc) is 2.31. The summed E-state index contributed by atoms with van der Waals surface area (Å²) in [4.78, 5) is 22.2. The highest BCUT2D eigenvalue weighted by molar-refractivity contribution is 5.94. The number of rotatable bonds is 4. The molecule has 18 heavy (non-hydrogen) atoms. The van der Waals surface area contributed by atoms with Gasteiger partial charge in [0.05, 0.1) is 13.1 Å². The van der Waals surface area contributed by atoms with Crippen molar-refractivity contribution in [3.63, 3.8) is 0 Å². The molecule has 0 aromatic heterocycles. The van der Waals surface area contributed by atoms with Crippen molar-refractivity contribution >= 4 is 29.9 Å². The molecule has 0 radical (unpaired) electrons. The van der Waals surface area contributed by atoms with Gasteiger partial charge in [-0.2, -0.15) is 0 Å². The maximum Gasteiger partial charge on any atom is 0.243 e. The molecule has 1 aromatic carbocycles. The first kappa shape index (κ1) is 16.3. The Morgan fingerprint density at radius 1 is 1.33 bits per heavy atom. The number of carbonyl (C=O) groups excluding carboxylic acids is 2. The van der Waals surface area contributed by atoms with E-state index in [-0.39, 0.29) is 31.3 Å². The van der Waals surface area contributed by atoms with Gasteiger partial charge in [0.2, 0.25) is 11.8 Å². The van der Waals surface area contributed by atoms with Gasteiger partial charge in [-0.1, -0.05) is 0 Å². The largest absolute Gasteiger partial charge is 0.346 e. The molecule has 0 saturated heterocycles. The van der Waals surface area contributed by atoms with Gasteiger partial charge in [0.15, 0.2) is 0 Å². The number of amides is 2. The Kier molecular flexibility index (Phi) is 6.92. The molecule has 100 valence electrons. The highest BCUT2D eigenvalue weighted by atomic mass is 35.5. The van der Waals surface area contributed by atoms with Gasteiger partial charge in [-0.25, -0.2) is 4.39 Å². The van der Waals surface area contributed by atoms with Crippen LogP contribution in [0, 0.1) is 12.7 Å². The summed E-state index contributed by atoms with van der Waals surface area (Å²) in [6.45, 7) is 1.27. The lowest BCUT2D eigenvalue weighted by Gasteiger charge is -2.07. The first-order valence-corrected chi connectivity index (χ1v) is 5.05. The van der Waals surface area contributed by atoms with Crippen LogP contribution in [0.3, 0.4) is 0 Å². The second-order valence-corrected chi connectivity index (χ2v) is 3.49. The zero-order valence-electron chi connectivity index (χ0n) is 9.83. The van der Waals surface area contributed by atoms with Crippen LogP contribution < -0.4 is 16.4 Å². The van der Waals surface area contributed by atoms with E-state index >= 15 is 0 Å². The van der Waals surface area contributed by atoms with Crippen molar-refractivity contribution in [1.29, 1.82) is 0 Å². The maximum atomic E-state index is 13.0. The Morgan fingerprint density at radius 3 is 2.56 bits per heavy atom. The third-order valence-corrected chi connectivity index (χ3v) is 2.07. The molecule has 0 saturated carbocycles. The van der Waals surface area contributed by atoms with Gasteiger partial charge in [0, 0.05) is 5.69 Å². The average molecular weight is 276 g/mol. The van der Waals surface area contributed by atoms with Crippen LogP contribution in [-0.2, 0) is 9.59 Å². The standard InChI is InChI=1S/C11H14FN3O2.ClH/c1-7-4-8(2-3-9(7)12)15-11(17)6-14-10(16)5-13;/h2-4H,5-6,13H2,1H3,(H,14,16)(H,15,17);1H. The zero-order chi connectivity index (χ0) is 12.8. The number of hydrogen-bond acceptors (Lipinski definition) is 3. The minimum Gasteiger partial charge on any atom is -0.346 e. The van der Waals surface area contributed by atoms with Crippen LogP contribution >= 0.6 is 12.4 Å². The number of carbonyl (C=O) groups is 2. The third kappa shape index (κ3) is 5.11. The molecule has 7 heteroatoms. The fraction of sp³-hybridized carbons (Fsp3) is 0.273. The smallest absolute Gasteiger partial charge is 0.243 e. The van der Waals surface area contributed by atoms with E-state index in [1.807, 2.05) is 0 Å². The summed E-state index contributed by atoms with van der Waals surface area (Å²) in [5.74, 6) is -1.13. The lowest BCUT2D eigenvalue weighted by Crippen LogP contribution is -2.36. The van der Waals surface area contributed by atoms with Crippen molar-refractivity contribution < 1.29 is 14.0 Å². The molecule has 0 heterocycles. The normalized spacial score (nSPS) is 9.28. The van der Waals surface area contributed by atoms with Crippen LogP contribution in [0.15, 0.2) is 18.2 Å². The van der Waals surface area contributed by atoms with E-state index in [0.717, 1.165) is 0 Å².